The fourth-order valence-electron chi connectivity index (χ4n) is 3.64. The van der Waals surface area contributed by atoms with Gasteiger partial charge in [0.1, 0.15) is 11.8 Å². The van der Waals surface area contributed by atoms with Gasteiger partial charge in [0, 0.05) is 22.1 Å². The van der Waals surface area contributed by atoms with Crippen molar-refractivity contribution in [1.29, 1.82) is 0 Å². The Labute approximate surface area is 213 Å². The van der Waals surface area contributed by atoms with E-state index in [-0.39, 0.29) is 30.4 Å². The maximum atomic E-state index is 13.5. The Bertz CT molecular complexity index is 1010. The molecule has 0 aromatic heterocycles. The van der Waals surface area contributed by atoms with E-state index in [1.807, 2.05) is 52.0 Å². The van der Waals surface area contributed by atoms with E-state index >= 15 is 0 Å². The van der Waals surface area contributed by atoms with E-state index in [0.717, 1.165) is 5.56 Å². The number of nitrogens with one attached hydrogen (secondary N) is 1. The van der Waals surface area contributed by atoms with Gasteiger partial charge in [-0.15, -0.1) is 0 Å². The predicted octanol–water partition coefficient (Wildman–Crippen LogP) is 6.39. The SMILES string of the molecule is CC[C@@H](C(=O)NC(C)(C)C)N(Cc1ccc(Cl)cc1Cl)C(=O)COc1ccccc1C(C)(C)C. The Morgan fingerprint density at radius 3 is 2.24 bits per heavy atom. The summed E-state index contributed by atoms with van der Waals surface area (Å²) in [5, 5.41) is 3.94. The van der Waals surface area contributed by atoms with Gasteiger partial charge in [-0.1, -0.05) is 75.2 Å². The third-order valence-corrected chi connectivity index (χ3v) is 5.87. The lowest BCUT2D eigenvalue weighted by atomic mass is 9.86. The number of hydrogen-bond acceptors (Lipinski definition) is 3. The molecule has 0 unspecified atom stereocenters. The topological polar surface area (TPSA) is 58.6 Å². The number of amides is 2. The van der Waals surface area contributed by atoms with Crippen LogP contribution in [0.25, 0.3) is 0 Å². The fraction of sp³-hybridized carbons (Fsp3) is 0.481. The Hall–Kier alpha value is -2.24. The minimum Gasteiger partial charge on any atom is -0.483 e. The number of ether oxygens (including phenoxy) is 1. The van der Waals surface area contributed by atoms with Gasteiger partial charge in [0.2, 0.25) is 5.91 Å². The van der Waals surface area contributed by atoms with E-state index in [0.29, 0.717) is 27.8 Å². The Morgan fingerprint density at radius 2 is 1.68 bits per heavy atom. The molecule has 34 heavy (non-hydrogen) atoms. The van der Waals surface area contributed by atoms with Crippen LogP contribution in [0.5, 0.6) is 5.75 Å². The van der Waals surface area contributed by atoms with E-state index in [1.165, 1.54) is 4.90 Å². The molecule has 1 atom stereocenters. The molecule has 0 bridgehead atoms. The van der Waals surface area contributed by atoms with Gasteiger partial charge in [0.05, 0.1) is 0 Å². The first-order valence-electron chi connectivity index (χ1n) is 11.5. The quantitative estimate of drug-likeness (QED) is 0.450. The van der Waals surface area contributed by atoms with Gasteiger partial charge in [0.15, 0.2) is 6.61 Å². The van der Waals surface area contributed by atoms with E-state index in [2.05, 4.69) is 26.1 Å². The van der Waals surface area contributed by atoms with Gasteiger partial charge >= 0.3 is 0 Å². The molecule has 0 saturated heterocycles. The van der Waals surface area contributed by atoms with Crippen LogP contribution in [0.1, 0.15) is 66.0 Å². The first-order valence-corrected chi connectivity index (χ1v) is 12.3. The molecular formula is C27H36Cl2N2O3. The highest BCUT2D eigenvalue weighted by atomic mass is 35.5. The van der Waals surface area contributed by atoms with Gasteiger partial charge in [-0.25, -0.2) is 0 Å². The third-order valence-electron chi connectivity index (χ3n) is 5.29. The molecule has 0 radical (unpaired) electrons. The number of rotatable bonds is 8. The van der Waals surface area contributed by atoms with Crippen molar-refractivity contribution < 1.29 is 14.3 Å². The van der Waals surface area contributed by atoms with Crippen LogP contribution in [0.3, 0.4) is 0 Å². The van der Waals surface area contributed by atoms with Crippen molar-refractivity contribution in [3.63, 3.8) is 0 Å². The van der Waals surface area contributed by atoms with Crippen LogP contribution in [0.15, 0.2) is 42.5 Å². The van der Waals surface area contributed by atoms with E-state index in [9.17, 15) is 9.59 Å². The number of halogens is 2. The molecule has 186 valence electrons. The molecule has 0 saturated carbocycles. The number of para-hydroxylation sites is 1. The normalized spacial score (nSPS) is 12.7. The highest BCUT2D eigenvalue weighted by Crippen LogP contribution is 2.31. The van der Waals surface area contributed by atoms with E-state index < -0.39 is 11.6 Å². The molecule has 0 fully saturated rings. The lowest BCUT2D eigenvalue weighted by Crippen LogP contribution is -2.54. The van der Waals surface area contributed by atoms with E-state index in [1.54, 1.807) is 18.2 Å². The average Bonchev–Trinajstić information content (AvgIpc) is 2.71. The molecule has 1 N–H and O–H groups in total. The number of carbonyl (C=O) groups excluding carboxylic acids is 2. The van der Waals surface area contributed by atoms with Crippen molar-refractivity contribution in [2.45, 2.75) is 78.4 Å². The lowest BCUT2D eigenvalue weighted by Gasteiger charge is -2.33. The molecule has 0 aliphatic carbocycles. The zero-order chi connectivity index (χ0) is 25.7. The average molecular weight is 508 g/mol. The molecule has 0 aliphatic heterocycles. The summed E-state index contributed by atoms with van der Waals surface area (Å²) >= 11 is 12.5. The minimum absolute atomic E-state index is 0.144. The second-order valence-corrected chi connectivity index (χ2v) is 11.3. The molecule has 7 heteroatoms. The standard InChI is InChI=1S/C27H36Cl2N2O3/c1-8-22(25(33)30-27(5,6)7)31(16-18-13-14-19(28)15-21(18)29)24(32)17-34-23-12-10-9-11-20(23)26(2,3)4/h9-15,22H,8,16-17H2,1-7H3,(H,30,33)/t22-/m0/s1. The Balaban J connectivity index is 2.34. The second kappa shape index (κ2) is 11.5. The second-order valence-electron chi connectivity index (χ2n) is 10.5. The molecule has 0 spiro atoms. The van der Waals surface area contributed by atoms with Crippen LogP contribution in [0.4, 0.5) is 0 Å². The summed E-state index contributed by atoms with van der Waals surface area (Å²) < 4.78 is 5.99. The summed E-state index contributed by atoms with van der Waals surface area (Å²) in [6.45, 7) is 13.9. The molecule has 2 aromatic rings. The Kier molecular flexibility index (Phi) is 9.44. The molecule has 0 aliphatic rings. The fourth-order valence-corrected chi connectivity index (χ4v) is 4.11. The van der Waals surface area contributed by atoms with Gasteiger partial charge in [-0.05, 0) is 61.9 Å². The highest BCUT2D eigenvalue weighted by Gasteiger charge is 2.31. The van der Waals surface area contributed by atoms with Crippen LogP contribution in [-0.2, 0) is 21.5 Å². The monoisotopic (exact) mass is 506 g/mol. The lowest BCUT2D eigenvalue weighted by molar-refractivity contribution is -0.143. The summed E-state index contributed by atoms with van der Waals surface area (Å²) in [7, 11) is 0. The van der Waals surface area contributed by atoms with Crippen molar-refractivity contribution >= 4 is 35.0 Å². The maximum absolute atomic E-state index is 13.5. The summed E-state index contributed by atoms with van der Waals surface area (Å²) in [6.07, 6.45) is 0.442. The van der Waals surface area contributed by atoms with Crippen LogP contribution < -0.4 is 10.1 Å². The highest BCUT2D eigenvalue weighted by molar-refractivity contribution is 6.35. The van der Waals surface area contributed by atoms with Crippen LogP contribution in [0, 0.1) is 0 Å². The number of benzene rings is 2. The molecule has 0 heterocycles. The summed E-state index contributed by atoms with van der Waals surface area (Å²) in [6, 6.07) is 12.1. The first kappa shape index (κ1) is 28.0. The molecular weight excluding hydrogens is 471 g/mol. The Morgan fingerprint density at radius 1 is 1.03 bits per heavy atom. The summed E-state index contributed by atoms with van der Waals surface area (Å²) in [5.41, 5.74) is 1.14. The van der Waals surface area contributed by atoms with E-state index in [4.69, 9.17) is 27.9 Å². The zero-order valence-electron chi connectivity index (χ0n) is 21.2. The van der Waals surface area contributed by atoms with Crippen LogP contribution >= 0.6 is 23.2 Å². The maximum Gasteiger partial charge on any atom is 0.261 e. The molecule has 2 aromatic carbocycles. The van der Waals surface area contributed by atoms with Crippen molar-refractivity contribution in [2.75, 3.05) is 6.61 Å². The van der Waals surface area contributed by atoms with Crippen LogP contribution in [-0.4, -0.2) is 34.9 Å². The smallest absolute Gasteiger partial charge is 0.261 e. The summed E-state index contributed by atoms with van der Waals surface area (Å²) in [4.78, 5) is 28.1. The third kappa shape index (κ3) is 7.92. The number of hydrogen-bond donors (Lipinski definition) is 1. The van der Waals surface area contributed by atoms with Gasteiger partial charge in [-0.2, -0.15) is 0 Å². The number of nitrogens with zero attached hydrogens (tertiary/aromatic N) is 1. The first-order chi connectivity index (χ1) is 15.7. The van der Waals surface area contributed by atoms with Gasteiger partial charge < -0.3 is 15.0 Å². The van der Waals surface area contributed by atoms with Crippen LogP contribution in [0.2, 0.25) is 10.0 Å². The van der Waals surface area contributed by atoms with Gasteiger partial charge in [0.25, 0.3) is 5.91 Å². The molecule has 2 amide bonds. The number of carbonyl (C=O) groups is 2. The van der Waals surface area contributed by atoms with Crippen molar-refractivity contribution in [3.05, 3.63) is 63.6 Å². The molecule has 2 rings (SSSR count). The largest absolute Gasteiger partial charge is 0.483 e. The summed E-state index contributed by atoms with van der Waals surface area (Å²) in [5.74, 6) is 0.134. The van der Waals surface area contributed by atoms with Gasteiger partial charge in [-0.3, -0.25) is 9.59 Å². The molecule has 5 nitrogen and oxygen atoms in total. The van der Waals surface area contributed by atoms with Crippen molar-refractivity contribution in [3.8, 4) is 5.75 Å². The van der Waals surface area contributed by atoms with Crippen molar-refractivity contribution in [2.24, 2.45) is 0 Å². The van der Waals surface area contributed by atoms with Crippen molar-refractivity contribution in [1.82, 2.24) is 10.2 Å². The minimum atomic E-state index is -0.681. The zero-order valence-corrected chi connectivity index (χ0v) is 22.7. The predicted molar refractivity (Wildman–Crippen MR) is 140 cm³/mol.